The van der Waals surface area contributed by atoms with Gasteiger partial charge in [0.25, 0.3) is 5.91 Å². The molecule has 2 heterocycles. The molecule has 1 aromatic carbocycles. The average molecular weight is 342 g/mol. The number of hydrogen-bond donors (Lipinski definition) is 2. The van der Waals surface area contributed by atoms with Crippen LogP contribution in [0.1, 0.15) is 28.0 Å². The summed E-state index contributed by atoms with van der Waals surface area (Å²) in [5.41, 5.74) is 1.01. The standard InChI is InChI=1S/C18H18N2O3S/c1-12-20-15(10-24-12)13-5-3-6-14(9-13)17(21)19-11-18(2,22)16-7-4-8-23-16/h3-10,22H,11H2,1-2H3,(H,19,21). The molecular weight excluding hydrogens is 324 g/mol. The number of carbonyl (C=O) groups excluding carboxylic acids is 1. The molecule has 3 rings (SSSR count). The molecule has 0 aliphatic carbocycles. The fourth-order valence-corrected chi connectivity index (χ4v) is 2.96. The van der Waals surface area contributed by atoms with Crippen LogP contribution in [-0.2, 0) is 5.60 Å². The van der Waals surface area contributed by atoms with Crippen LogP contribution in [0.25, 0.3) is 11.3 Å². The normalized spacial score (nSPS) is 13.5. The van der Waals surface area contributed by atoms with E-state index in [9.17, 15) is 9.90 Å². The monoisotopic (exact) mass is 342 g/mol. The van der Waals surface area contributed by atoms with Crippen molar-refractivity contribution in [3.63, 3.8) is 0 Å². The molecule has 124 valence electrons. The molecule has 1 unspecified atom stereocenters. The van der Waals surface area contributed by atoms with Crippen molar-refractivity contribution in [3.05, 3.63) is 64.4 Å². The van der Waals surface area contributed by atoms with Crippen molar-refractivity contribution >= 4 is 17.2 Å². The maximum atomic E-state index is 12.4. The molecule has 24 heavy (non-hydrogen) atoms. The van der Waals surface area contributed by atoms with Gasteiger partial charge >= 0.3 is 0 Å². The number of aliphatic hydroxyl groups is 1. The second-order valence-corrected chi connectivity index (χ2v) is 6.83. The van der Waals surface area contributed by atoms with Crippen LogP contribution in [-0.4, -0.2) is 22.5 Å². The summed E-state index contributed by atoms with van der Waals surface area (Å²) in [6.07, 6.45) is 1.49. The lowest BCUT2D eigenvalue weighted by Gasteiger charge is -2.21. The maximum absolute atomic E-state index is 12.4. The van der Waals surface area contributed by atoms with E-state index in [-0.39, 0.29) is 12.5 Å². The molecule has 5 nitrogen and oxygen atoms in total. The Bertz CT molecular complexity index is 838. The van der Waals surface area contributed by atoms with E-state index in [1.807, 2.05) is 24.4 Å². The summed E-state index contributed by atoms with van der Waals surface area (Å²) in [7, 11) is 0. The Morgan fingerprint density at radius 3 is 2.88 bits per heavy atom. The topological polar surface area (TPSA) is 75.4 Å². The molecule has 2 N–H and O–H groups in total. The average Bonchev–Trinajstić information content (AvgIpc) is 3.24. The van der Waals surface area contributed by atoms with E-state index in [0.717, 1.165) is 16.3 Å². The highest BCUT2D eigenvalue weighted by atomic mass is 32.1. The van der Waals surface area contributed by atoms with Crippen LogP contribution in [0.5, 0.6) is 0 Å². The predicted molar refractivity (Wildman–Crippen MR) is 92.9 cm³/mol. The van der Waals surface area contributed by atoms with Crippen LogP contribution in [0, 0.1) is 6.92 Å². The Labute approximate surface area is 144 Å². The lowest BCUT2D eigenvalue weighted by Crippen LogP contribution is -2.38. The van der Waals surface area contributed by atoms with Crippen molar-refractivity contribution in [1.29, 1.82) is 0 Å². The first-order chi connectivity index (χ1) is 11.5. The molecule has 0 saturated carbocycles. The summed E-state index contributed by atoms with van der Waals surface area (Å²) >= 11 is 1.57. The molecular formula is C18H18N2O3S. The van der Waals surface area contributed by atoms with Gasteiger partial charge in [-0.05, 0) is 38.1 Å². The largest absolute Gasteiger partial charge is 0.466 e. The van der Waals surface area contributed by atoms with Crippen LogP contribution < -0.4 is 5.32 Å². The number of rotatable bonds is 5. The number of thiazole rings is 1. The lowest BCUT2D eigenvalue weighted by molar-refractivity contribution is 0.0330. The van der Waals surface area contributed by atoms with Gasteiger partial charge in [-0.25, -0.2) is 4.98 Å². The zero-order valence-electron chi connectivity index (χ0n) is 13.4. The molecule has 0 bridgehead atoms. The van der Waals surface area contributed by atoms with Gasteiger partial charge in [-0.2, -0.15) is 0 Å². The van der Waals surface area contributed by atoms with Crippen LogP contribution in [0.2, 0.25) is 0 Å². The smallest absolute Gasteiger partial charge is 0.251 e. The van der Waals surface area contributed by atoms with Gasteiger partial charge in [0.1, 0.15) is 11.4 Å². The highest BCUT2D eigenvalue weighted by Crippen LogP contribution is 2.23. The van der Waals surface area contributed by atoms with E-state index in [2.05, 4.69) is 10.3 Å². The number of furan rings is 1. The summed E-state index contributed by atoms with van der Waals surface area (Å²) in [4.78, 5) is 16.8. The van der Waals surface area contributed by atoms with Gasteiger partial charge in [-0.3, -0.25) is 4.79 Å². The Hall–Kier alpha value is -2.44. The molecule has 0 spiro atoms. The zero-order valence-corrected chi connectivity index (χ0v) is 14.3. The number of aromatic nitrogens is 1. The highest BCUT2D eigenvalue weighted by Gasteiger charge is 2.27. The molecule has 3 aromatic rings. The van der Waals surface area contributed by atoms with Gasteiger partial charge in [-0.15, -0.1) is 11.3 Å². The maximum Gasteiger partial charge on any atom is 0.251 e. The van der Waals surface area contributed by atoms with Crippen LogP contribution in [0.4, 0.5) is 0 Å². The van der Waals surface area contributed by atoms with E-state index in [1.165, 1.54) is 6.26 Å². The van der Waals surface area contributed by atoms with Crippen LogP contribution in [0.15, 0.2) is 52.5 Å². The van der Waals surface area contributed by atoms with Crippen molar-refractivity contribution < 1.29 is 14.3 Å². The van der Waals surface area contributed by atoms with Crippen molar-refractivity contribution in [2.24, 2.45) is 0 Å². The van der Waals surface area contributed by atoms with Crippen molar-refractivity contribution in [3.8, 4) is 11.3 Å². The van der Waals surface area contributed by atoms with Crippen molar-refractivity contribution in [2.45, 2.75) is 19.4 Å². The second-order valence-electron chi connectivity index (χ2n) is 5.77. The third-order valence-corrected chi connectivity index (χ3v) is 4.46. The number of amides is 1. The first-order valence-electron chi connectivity index (χ1n) is 7.53. The van der Waals surface area contributed by atoms with Crippen LogP contribution >= 0.6 is 11.3 Å². The van der Waals surface area contributed by atoms with E-state index >= 15 is 0 Å². The third kappa shape index (κ3) is 3.55. The molecule has 6 heteroatoms. The second kappa shape index (κ2) is 6.59. The molecule has 0 fully saturated rings. The fraction of sp³-hybridized carbons (Fsp3) is 0.222. The molecule has 2 aromatic heterocycles. The Kier molecular flexibility index (Phi) is 4.51. The summed E-state index contributed by atoms with van der Waals surface area (Å²) in [5, 5.41) is 16.1. The summed E-state index contributed by atoms with van der Waals surface area (Å²) in [6.45, 7) is 3.60. The summed E-state index contributed by atoms with van der Waals surface area (Å²) < 4.78 is 5.21. The number of nitrogens with zero attached hydrogens (tertiary/aromatic N) is 1. The van der Waals surface area contributed by atoms with Crippen molar-refractivity contribution in [1.82, 2.24) is 10.3 Å². The van der Waals surface area contributed by atoms with E-state index in [4.69, 9.17) is 4.42 Å². The van der Waals surface area contributed by atoms with Crippen LogP contribution in [0.3, 0.4) is 0 Å². The van der Waals surface area contributed by atoms with Gasteiger partial charge in [0.2, 0.25) is 0 Å². The first kappa shape index (κ1) is 16.4. The third-order valence-electron chi connectivity index (χ3n) is 3.68. The Balaban J connectivity index is 1.71. The fourth-order valence-electron chi connectivity index (χ4n) is 2.34. The minimum absolute atomic E-state index is 0.0549. The molecule has 0 radical (unpaired) electrons. The number of aryl methyl sites for hydroxylation is 1. The van der Waals surface area contributed by atoms with Gasteiger partial charge < -0.3 is 14.8 Å². The van der Waals surface area contributed by atoms with Gasteiger partial charge in [0.15, 0.2) is 0 Å². The molecule has 0 aliphatic heterocycles. The van der Waals surface area contributed by atoms with E-state index in [0.29, 0.717) is 11.3 Å². The minimum Gasteiger partial charge on any atom is -0.466 e. The molecule has 1 atom stereocenters. The minimum atomic E-state index is -1.26. The van der Waals surface area contributed by atoms with E-state index in [1.54, 1.807) is 42.5 Å². The highest BCUT2D eigenvalue weighted by molar-refractivity contribution is 7.09. The van der Waals surface area contributed by atoms with E-state index < -0.39 is 5.60 Å². The SMILES string of the molecule is Cc1nc(-c2cccc(C(=O)NCC(C)(O)c3ccco3)c2)cs1. The number of nitrogens with one attached hydrogen (secondary N) is 1. The van der Waals surface area contributed by atoms with Gasteiger partial charge in [0.05, 0.1) is 23.5 Å². The first-order valence-corrected chi connectivity index (χ1v) is 8.41. The quantitative estimate of drug-likeness (QED) is 0.745. The summed E-state index contributed by atoms with van der Waals surface area (Å²) in [5.74, 6) is 0.158. The van der Waals surface area contributed by atoms with Crippen molar-refractivity contribution in [2.75, 3.05) is 6.54 Å². The van der Waals surface area contributed by atoms with Gasteiger partial charge in [-0.1, -0.05) is 12.1 Å². The number of hydrogen-bond acceptors (Lipinski definition) is 5. The predicted octanol–water partition coefficient (Wildman–Crippen LogP) is 3.35. The zero-order chi connectivity index (χ0) is 17.2. The molecule has 0 saturated heterocycles. The Morgan fingerprint density at radius 2 is 2.21 bits per heavy atom. The molecule has 0 aliphatic rings. The lowest BCUT2D eigenvalue weighted by atomic mass is 10.0. The molecule has 1 amide bonds. The van der Waals surface area contributed by atoms with Gasteiger partial charge in [0, 0.05) is 16.5 Å². The number of carbonyl (C=O) groups is 1. The Morgan fingerprint density at radius 1 is 1.38 bits per heavy atom. The number of benzene rings is 1. The summed E-state index contributed by atoms with van der Waals surface area (Å²) in [6, 6.07) is 10.7.